The lowest BCUT2D eigenvalue weighted by atomic mass is 10.1. The van der Waals surface area contributed by atoms with Gasteiger partial charge in [-0.05, 0) is 68.4 Å². The van der Waals surface area contributed by atoms with Crippen LogP contribution >= 0.6 is 0 Å². The summed E-state index contributed by atoms with van der Waals surface area (Å²) in [6, 6.07) is 13.9. The molecule has 0 aliphatic carbocycles. The van der Waals surface area contributed by atoms with Crippen LogP contribution in [0.4, 0.5) is 22.2 Å². The molecule has 1 N–H and O–H groups in total. The molecule has 2 aliphatic heterocycles. The minimum absolute atomic E-state index is 0.262. The van der Waals surface area contributed by atoms with Crippen LogP contribution in [0, 0.1) is 5.82 Å². The minimum atomic E-state index is -0.262. The zero-order valence-corrected chi connectivity index (χ0v) is 20.4. The van der Waals surface area contributed by atoms with E-state index in [1.165, 1.54) is 25.0 Å². The molecular weight excluding hydrogens is 457 g/mol. The molecule has 9 heteroatoms. The van der Waals surface area contributed by atoms with Crippen LogP contribution in [-0.4, -0.2) is 47.3 Å². The molecule has 2 saturated heterocycles. The third-order valence-corrected chi connectivity index (χ3v) is 6.48. The van der Waals surface area contributed by atoms with Crippen molar-refractivity contribution < 1.29 is 9.13 Å². The summed E-state index contributed by atoms with van der Waals surface area (Å²) in [5, 5.41) is 4.42. The van der Waals surface area contributed by atoms with Gasteiger partial charge >= 0.3 is 0 Å². The fourth-order valence-electron chi connectivity index (χ4n) is 4.49. The molecule has 0 spiro atoms. The van der Waals surface area contributed by atoms with Gasteiger partial charge in [-0.15, -0.1) is 0 Å². The number of halogens is 1. The molecule has 3 heterocycles. The highest BCUT2D eigenvalue weighted by atomic mass is 19.1. The van der Waals surface area contributed by atoms with Crippen LogP contribution in [0.25, 0.3) is 0 Å². The van der Waals surface area contributed by atoms with E-state index in [0.29, 0.717) is 30.2 Å². The average Bonchev–Trinajstić information content (AvgIpc) is 2.94. The maximum absolute atomic E-state index is 13.2. The van der Waals surface area contributed by atoms with Crippen molar-refractivity contribution >= 4 is 24.1 Å². The summed E-state index contributed by atoms with van der Waals surface area (Å²) in [5.41, 5.74) is 4.72. The van der Waals surface area contributed by atoms with Gasteiger partial charge in [0.25, 0.3) is 0 Å². The molecule has 0 bridgehead atoms. The summed E-state index contributed by atoms with van der Waals surface area (Å²) in [5.74, 6) is 2.29. The molecule has 2 aliphatic rings. The van der Waals surface area contributed by atoms with Gasteiger partial charge < -0.3 is 14.5 Å². The maximum Gasteiger partial charge on any atom is 0.250 e. The lowest BCUT2D eigenvalue weighted by Crippen LogP contribution is -2.34. The molecule has 0 radical (unpaired) electrons. The standard InChI is InChI=1S/C27H32FN7O/c28-23-13-11-21(12-14-23)20-36-24-10-4-3-9-22(24)19-29-33-25-30-26(34-15-5-1-6-16-34)32-27(31-25)35-17-7-2-8-18-35/h3-4,9-14,19H,1-2,5-8,15-18,20H2,(H,30,31,32,33)/b29-19-. The number of benzene rings is 2. The monoisotopic (exact) mass is 489 g/mol. The van der Waals surface area contributed by atoms with Gasteiger partial charge in [-0.25, -0.2) is 9.82 Å². The van der Waals surface area contributed by atoms with Crippen LogP contribution in [0.5, 0.6) is 5.75 Å². The van der Waals surface area contributed by atoms with E-state index in [1.807, 2.05) is 24.3 Å². The Kier molecular flexibility index (Phi) is 7.85. The number of rotatable bonds is 8. The summed E-state index contributed by atoms with van der Waals surface area (Å²) in [6.07, 6.45) is 8.81. The Morgan fingerprint density at radius 1 is 0.806 bits per heavy atom. The molecule has 2 aromatic carbocycles. The first-order valence-electron chi connectivity index (χ1n) is 12.8. The Balaban J connectivity index is 1.31. The SMILES string of the molecule is Fc1ccc(COc2ccccc2/C=N\Nc2nc(N3CCCCC3)nc(N3CCCCC3)n2)cc1. The van der Waals surface area contributed by atoms with Crippen molar-refractivity contribution in [1.82, 2.24) is 15.0 Å². The smallest absolute Gasteiger partial charge is 0.250 e. The van der Waals surface area contributed by atoms with Gasteiger partial charge in [-0.3, -0.25) is 0 Å². The lowest BCUT2D eigenvalue weighted by molar-refractivity contribution is 0.305. The second kappa shape index (κ2) is 11.8. The fraction of sp³-hybridized carbons (Fsp3) is 0.407. The lowest BCUT2D eigenvalue weighted by Gasteiger charge is -2.30. The van der Waals surface area contributed by atoms with E-state index in [0.717, 1.165) is 63.0 Å². The van der Waals surface area contributed by atoms with Gasteiger partial charge in [0.15, 0.2) is 0 Å². The van der Waals surface area contributed by atoms with Gasteiger partial charge in [0.1, 0.15) is 18.2 Å². The van der Waals surface area contributed by atoms with Gasteiger partial charge in [-0.1, -0.05) is 24.3 Å². The zero-order chi connectivity index (χ0) is 24.6. The highest BCUT2D eigenvalue weighted by Gasteiger charge is 2.20. The molecule has 8 nitrogen and oxygen atoms in total. The first-order valence-corrected chi connectivity index (χ1v) is 12.8. The molecular formula is C27H32FN7O. The van der Waals surface area contributed by atoms with Crippen LogP contribution in [0.15, 0.2) is 53.6 Å². The molecule has 0 unspecified atom stereocenters. The van der Waals surface area contributed by atoms with Gasteiger partial charge in [0.05, 0.1) is 6.21 Å². The number of nitrogens with one attached hydrogen (secondary N) is 1. The Labute approximate surface area is 211 Å². The largest absolute Gasteiger partial charge is 0.488 e. The third kappa shape index (κ3) is 6.27. The topological polar surface area (TPSA) is 78.8 Å². The van der Waals surface area contributed by atoms with E-state index >= 15 is 0 Å². The molecule has 0 saturated carbocycles. The zero-order valence-electron chi connectivity index (χ0n) is 20.4. The molecule has 2 fully saturated rings. The van der Waals surface area contributed by atoms with E-state index in [2.05, 4.69) is 30.3 Å². The molecule has 5 rings (SSSR count). The summed E-state index contributed by atoms with van der Waals surface area (Å²) >= 11 is 0. The Hall–Kier alpha value is -3.75. The number of piperidine rings is 2. The number of anilines is 3. The van der Waals surface area contributed by atoms with Gasteiger partial charge in [0, 0.05) is 31.7 Å². The normalized spacial score (nSPS) is 16.4. The summed E-state index contributed by atoms with van der Waals surface area (Å²) in [6.45, 7) is 4.19. The maximum atomic E-state index is 13.2. The van der Waals surface area contributed by atoms with Crippen molar-refractivity contribution in [3.63, 3.8) is 0 Å². The molecule has 188 valence electrons. The van der Waals surface area contributed by atoms with Crippen molar-refractivity contribution in [1.29, 1.82) is 0 Å². The quantitative estimate of drug-likeness (QED) is 0.352. The number of nitrogens with zero attached hydrogens (tertiary/aromatic N) is 6. The van der Waals surface area contributed by atoms with Crippen LogP contribution in [0.2, 0.25) is 0 Å². The van der Waals surface area contributed by atoms with Crippen LogP contribution in [-0.2, 0) is 6.61 Å². The molecule has 3 aromatic rings. The van der Waals surface area contributed by atoms with Gasteiger partial charge in [-0.2, -0.15) is 20.1 Å². The van der Waals surface area contributed by atoms with Crippen LogP contribution in [0.1, 0.15) is 49.7 Å². The van der Waals surface area contributed by atoms with E-state index < -0.39 is 0 Å². The number of hydrogen-bond acceptors (Lipinski definition) is 8. The summed E-state index contributed by atoms with van der Waals surface area (Å²) in [4.78, 5) is 18.7. The van der Waals surface area contributed by atoms with E-state index in [4.69, 9.17) is 9.72 Å². The molecule has 0 amide bonds. The predicted octanol–water partition coefficient (Wildman–Crippen LogP) is 5.02. The van der Waals surface area contributed by atoms with E-state index in [9.17, 15) is 4.39 Å². The minimum Gasteiger partial charge on any atom is -0.488 e. The van der Waals surface area contributed by atoms with Crippen molar-refractivity contribution in [3.05, 3.63) is 65.5 Å². The van der Waals surface area contributed by atoms with Crippen molar-refractivity contribution in [3.8, 4) is 5.75 Å². The predicted molar refractivity (Wildman–Crippen MR) is 140 cm³/mol. The van der Waals surface area contributed by atoms with Crippen molar-refractivity contribution in [2.24, 2.45) is 5.10 Å². The average molecular weight is 490 g/mol. The number of hydrazone groups is 1. The van der Waals surface area contributed by atoms with E-state index in [-0.39, 0.29) is 5.82 Å². The number of hydrogen-bond donors (Lipinski definition) is 1. The van der Waals surface area contributed by atoms with Crippen LogP contribution in [0.3, 0.4) is 0 Å². The number of para-hydroxylation sites is 1. The highest BCUT2D eigenvalue weighted by Crippen LogP contribution is 2.23. The Morgan fingerprint density at radius 2 is 1.42 bits per heavy atom. The van der Waals surface area contributed by atoms with Crippen molar-refractivity contribution in [2.75, 3.05) is 41.4 Å². The molecule has 0 atom stereocenters. The number of aromatic nitrogens is 3. The van der Waals surface area contributed by atoms with Crippen molar-refractivity contribution in [2.45, 2.75) is 45.1 Å². The second-order valence-corrected chi connectivity index (χ2v) is 9.18. The molecule has 1 aromatic heterocycles. The third-order valence-electron chi connectivity index (χ3n) is 6.48. The van der Waals surface area contributed by atoms with E-state index in [1.54, 1.807) is 18.3 Å². The Morgan fingerprint density at radius 3 is 2.06 bits per heavy atom. The van der Waals surface area contributed by atoms with Crippen LogP contribution < -0.4 is 20.0 Å². The fourth-order valence-corrected chi connectivity index (χ4v) is 4.49. The summed E-state index contributed by atoms with van der Waals surface area (Å²) < 4.78 is 19.1. The highest BCUT2D eigenvalue weighted by molar-refractivity contribution is 5.83. The number of ether oxygens (including phenoxy) is 1. The Bertz CT molecular complexity index is 1120. The molecule has 36 heavy (non-hydrogen) atoms. The van der Waals surface area contributed by atoms with Gasteiger partial charge in [0.2, 0.25) is 17.8 Å². The first-order chi connectivity index (χ1) is 17.7. The second-order valence-electron chi connectivity index (χ2n) is 9.18. The summed E-state index contributed by atoms with van der Waals surface area (Å²) in [7, 11) is 0. The first kappa shape index (κ1) is 24.0.